The lowest BCUT2D eigenvalue weighted by atomic mass is 9.99. The van der Waals surface area contributed by atoms with E-state index in [1.807, 2.05) is 0 Å². The summed E-state index contributed by atoms with van der Waals surface area (Å²) in [5, 5.41) is 16.7. The average molecular weight is 346 g/mol. The molecular weight excluding hydrogens is 332 g/mol. The molecule has 2 rings (SSSR count). The molecule has 2 N–H and O–H groups in total. The molecule has 1 amide bonds. The summed E-state index contributed by atoms with van der Waals surface area (Å²) < 4.78 is 15.0. The number of carbonyl (C=O) groups excluding carboxylic acids is 1. The zero-order valence-corrected chi connectivity index (χ0v) is 13.4. The Kier molecular flexibility index (Phi) is 4.75. The monoisotopic (exact) mass is 345 g/mol. The van der Waals surface area contributed by atoms with Crippen LogP contribution in [0, 0.1) is 5.82 Å². The Hall–Kier alpha value is -1.63. The van der Waals surface area contributed by atoms with Crippen LogP contribution < -0.4 is 5.32 Å². The van der Waals surface area contributed by atoms with Crippen LogP contribution in [0.4, 0.5) is 4.39 Å². The Morgan fingerprint density at radius 3 is 2.73 bits per heavy atom. The molecule has 0 saturated carbocycles. The summed E-state index contributed by atoms with van der Waals surface area (Å²) in [5.41, 5.74) is -0.823. The molecule has 0 saturated heterocycles. The van der Waals surface area contributed by atoms with Gasteiger partial charge >= 0.3 is 0 Å². The van der Waals surface area contributed by atoms with Gasteiger partial charge in [0.1, 0.15) is 11.4 Å². The molecule has 22 heavy (non-hydrogen) atoms. The molecule has 1 unspecified atom stereocenters. The highest BCUT2D eigenvalue weighted by atomic mass is 35.5. The summed E-state index contributed by atoms with van der Waals surface area (Å²) in [7, 11) is 1.72. The zero-order chi connectivity index (χ0) is 16.5. The van der Waals surface area contributed by atoms with Crippen molar-refractivity contribution < 1.29 is 14.3 Å². The topological polar surface area (TPSA) is 67.2 Å². The van der Waals surface area contributed by atoms with E-state index < -0.39 is 17.3 Å². The van der Waals surface area contributed by atoms with Crippen molar-refractivity contribution in [3.05, 3.63) is 51.5 Å². The first-order chi connectivity index (χ1) is 10.2. The van der Waals surface area contributed by atoms with Gasteiger partial charge in [0.15, 0.2) is 0 Å². The van der Waals surface area contributed by atoms with Gasteiger partial charge in [0.05, 0.1) is 28.4 Å². The normalized spacial score (nSPS) is 13.7. The molecule has 0 aliphatic carbocycles. The number of nitrogens with zero attached hydrogens (tertiary/aromatic N) is 2. The van der Waals surface area contributed by atoms with Crippen LogP contribution in [0.2, 0.25) is 10.0 Å². The molecule has 1 heterocycles. The van der Waals surface area contributed by atoms with E-state index in [1.54, 1.807) is 13.2 Å². The van der Waals surface area contributed by atoms with Crippen molar-refractivity contribution in [1.82, 2.24) is 15.1 Å². The lowest BCUT2D eigenvalue weighted by molar-refractivity contribution is 0.0526. The number of aryl methyl sites for hydroxylation is 1. The van der Waals surface area contributed by atoms with E-state index in [2.05, 4.69) is 10.4 Å². The van der Waals surface area contributed by atoms with Crippen molar-refractivity contribution in [3.63, 3.8) is 0 Å². The van der Waals surface area contributed by atoms with Gasteiger partial charge < -0.3 is 10.4 Å². The molecule has 0 fully saturated rings. The predicted octanol–water partition coefficient (Wildman–Crippen LogP) is 2.50. The molecular formula is C14H14Cl2FN3O2. The summed E-state index contributed by atoms with van der Waals surface area (Å²) in [5.74, 6) is -1.35. The van der Waals surface area contributed by atoms with Crippen LogP contribution in [-0.2, 0) is 12.6 Å². The van der Waals surface area contributed by atoms with Gasteiger partial charge in [0, 0.05) is 18.8 Å². The van der Waals surface area contributed by atoms with Crippen LogP contribution in [0.15, 0.2) is 24.5 Å². The summed E-state index contributed by atoms with van der Waals surface area (Å²) >= 11 is 11.5. The minimum absolute atomic E-state index is 0.0323. The molecule has 1 atom stereocenters. The molecule has 0 aliphatic heterocycles. The lowest BCUT2D eigenvalue weighted by Gasteiger charge is -2.22. The number of aromatic nitrogens is 2. The molecule has 5 nitrogen and oxygen atoms in total. The number of hydrogen-bond donors (Lipinski definition) is 2. The number of aliphatic hydroxyl groups is 1. The quantitative estimate of drug-likeness (QED) is 0.836. The summed E-state index contributed by atoms with van der Waals surface area (Å²) in [6, 6.07) is 2.12. The van der Waals surface area contributed by atoms with Gasteiger partial charge in [-0.3, -0.25) is 9.48 Å². The fraction of sp³-hybridized carbons (Fsp3) is 0.286. The first-order valence-corrected chi connectivity index (χ1v) is 7.10. The number of carbonyl (C=O) groups is 1. The maximum Gasteiger partial charge on any atom is 0.253 e. The van der Waals surface area contributed by atoms with Crippen LogP contribution >= 0.6 is 23.2 Å². The molecule has 0 aliphatic rings. The minimum Gasteiger partial charge on any atom is -0.383 e. The van der Waals surface area contributed by atoms with Crippen LogP contribution in [-0.4, -0.2) is 27.3 Å². The van der Waals surface area contributed by atoms with E-state index in [9.17, 15) is 14.3 Å². The van der Waals surface area contributed by atoms with E-state index >= 15 is 0 Å². The molecule has 0 radical (unpaired) electrons. The first kappa shape index (κ1) is 16.7. The van der Waals surface area contributed by atoms with Crippen LogP contribution in [0.25, 0.3) is 0 Å². The molecule has 0 spiro atoms. The number of halogens is 3. The van der Waals surface area contributed by atoms with Crippen LogP contribution in [0.5, 0.6) is 0 Å². The van der Waals surface area contributed by atoms with Crippen molar-refractivity contribution in [3.8, 4) is 0 Å². The lowest BCUT2D eigenvalue weighted by Crippen LogP contribution is -2.38. The summed E-state index contributed by atoms with van der Waals surface area (Å²) in [6.45, 7) is 1.45. The fourth-order valence-corrected chi connectivity index (χ4v) is 2.31. The Morgan fingerprint density at radius 2 is 2.14 bits per heavy atom. The van der Waals surface area contributed by atoms with E-state index in [4.69, 9.17) is 23.2 Å². The molecule has 8 heteroatoms. The molecule has 1 aromatic carbocycles. The third-order valence-electron chi connectivity index (χ3n) is 3.17. The van der Waals surface area contributed by atoms with Gasteiger partial charge in [-0.25, -0.2) is 4.39 Å². The minimum atomic E-state index is -1.32. The van der Waals surface area contributed by atoms with Crippen LogP contribution in [0.3, 0.4) is 0 Å². The van der Waals surface area contributed by atoms with E-state index in [-0.39, 0.29) is 22.2 Å². The van der Waals surface area contributed by atoms with Gasteiger partial charge in [0.2, 0.25) is 0 Å². The molecule has 118 valence electrons. The van der Waals surface area contributed by atoms with Gasteiger partial charge in [0.25, 0.3) is 5.91 Å². The Bertz CT molecular complexity index is 716. The van der Waals surface area contributed by atoms with Gasteiger partial charge in [-0.2, -0.15) is 5.10 Å². The van der Waals surface area contributed by atoms with Crippen molar-refractivity contribution in [2.24, 2.45) is 7.05 Å². The maximum atomic E-state index is 13.4. The van der Waals surface area contributed by atoms with Gasteiger partial charge in [-0.1, -0.05) is 23.2 Å². The zero-order valence-electron chi connectivity index (χ0n) is 11.9. The van der Waals surface area contributed by atoms with Crippen molar-refractivity contribution in [1.29, 1.82) is 0 Å². The number of hydrogen-bond acceptors (Lipinski definition) is 3. The SMILES string of the molecule is Cn1cc(C(C)(O)CNC(=O)c2cc(F)c(Cl)cc2Cl)cn1. The largest absolute Gasteiger partial charge is 0.383 e. The molecule has 1 aromatic heterocycles. The third kappa shape index (κ3) is 3.58. The summed E-state index contributed by atoms with van der Waals surface area (Å²) in [6.07, 6.45) is 3.14. The van der Waals surface area contributed by atoms with E-state index in [1.165, 1.54) is 17.8 Å². The van der Waals surface area contributed by atoms with Crippen LogP contribution in [0.1, 0.15) is 22.8 Å². The second kappa shape index (κ2) is 6.24. The number of nitrogens with one attached hydrogen (secondary N) is 1. The fourth-order valence-electron chi connectivity index (χ4n) is 1.85. The van der Waals surface area contributed by atoms with Gasteiger partial charge in [-0.05, 0) is 19.1 Å². The van der Waals surface area contributed by atoms with Crippen molar-refractivity contribution in [2.75, 3.05) is 6.54 Å². The standard InChI is InChI=1S/C14H14Cl2FN3O2/c1-14(22,8-5-19-20(2)6-8)7-18-13(21)9-3-12(17)11(16)4-10(9)15/h3-6,22H,7H2,1-2H3,(H,18,21). The van der Waals surface area contributed by atoms with E-state index in [0.29, 0.717) is 5.56 Å². The highest BCUT2D eigenvalue weighted by molar-refractivity contribution is 6.36. The number of amides is 1. The maximum absolute atomic E-state index is 13.4. The second-order valence-corrected chi connectivity index (χ2v) is 5.92. The Labute approximate surface area is 136 Å². The molecule has 2 aromatic rings. The average Bonchev–Trinajstić information content (AvgIpc) is 2.88. The predicted molar refractivity (Wildman–Crippen MR) is 81.5 cm³/mol. The van der Waals surface area contributed by atoms with E-state index in [0.717, 1.165) is 12.1 Å². The Morgan fingerprint density at radius 1 is 1.45 bits per heavy atom. The molecule has 0 bridgehead atoms. The third-order valence-corrected chi connectivity index (χ3v) is 3.78. The smallest absolute Gasteiger partial charge is 0.253 e. The van der Waals surface area contributed by atoms with Crippen molar-refractivity contribution >= 4 is 29.1 Å². The highest BCUT2D eigenvalue weighted by Crippen LogP contribution is 2.25. The number of benzene rings is 1. The van der Waals surface area contributed by atoms with Gasteiger partial charge in [-0.15, -0.1) is 0 Å². The summed E-state index contributed by atoms with van der Waals surface area (Å²) in [4.78, 5) is 12.1. The second-order valence-electron chi connectivity index (χ2n) is 5.11. The Balaban J connectivity index is 2.11. The number of rotatable bonds is 4. The first-order valence-electron chi connectivity index (χ1n) is 6.35. The highest BCUT2D eigenvalue weighted by Gasteiger charge is 2.26. The van der Waals surface area contributed by atoms with Crippen molar-refractivity contribution in [2.45, 2.75) is 12.5 Å².